The van der Waals surface area contributed by atoms with Gasteiger partial charge in [-0.05, 0) is 5.92 Å². The van der Waals surface area contributed by atoms with E-state index in [-0.39, 0.29) is 24.8 Å². The number of carbonyl (C=O) groups excluding carboxylic acids is 2. The third-order valence-corrected chi connectivity index (χ3v) is 2.91. The van der Waals surface area contributed by atoms with Crippen molar-refractivity contribution in [1.29, 1.82) is 0 Å². The lowest BCUT2D eigenvalue weighted by Crippen LogP contribution is -2.45. The Balaban J connectivity index is 2.82. The quantitative estimate of drug-likeness (QED) is 0.709. The van der Waals surface area contributed by atoms with Gasteiger partial charge in [-0.25, -0.2) is 4.79 Å². The van der Waals surface area contributed by atoms with Gasteiger partial charge < -0.3 is 14.7 Å². The number of carbonyl (C=O) groups is 3. The van der Waals surface area contributed by atoms with Gasteiger partial charge in [0.25, 0.3) is 0 Å². The number of nitrogens with zero attached hydrogens (tertiary/aromatic N) is 1. The summed E-state index contributed by atoms with van der Waals surface area (Å²) in [6, 6.07) is -0.878. The number of carboxylic acids is 1. The zero-order chi connectivity index (χ0) is 13.2. The number of ether oxygens (including phenoxy) is 1. The molecule has 2 unspecified atom stereocenters. The molecule has 0 aromatic heterocycles. The lowest BCUT2D eigenvalue weighted by molar-refractivity contribution is -0.150. The Hall–Kier alpha value is -1.59. The molecule has 0 aliphatic carbocycles. The second-order valence-electron chi connectivity index (χ2n) is 4.50. The molecule has 1 fully saturated rings. The van der Waals surface area contributed by atoms with Crippen molar-refractivity contribution in [3.05, 3.63) is 0 Å². The Labute approximate surface area is 99.5 Å². The summed E-state index contributed by atoms with van der Waals surface area (Å²) in [7, 11) is 1.26. The number of hydrogen-bond acceptors (Lipinski definition) is 4. The average molecular weight is 243 g/mol. The van der Waals surface area contributed by atoms with Crippen molar-refractivity contribution in [2.24, 2.45) is 11.8 Å². The number of likely N-dealkylation sites (tertiary alicyclic amines) is 1. The Kier molecular flexibility index (Phi) is 4.09. The Morgan fingerprint density at radius 1 is 1.47 bits per heavy atom. The molecule has 1 aliphatic heterocycles. The van der Waals surface area contributed by atoms with Crippen molar-refractivity contribution < 1.29 is 24.2 Å². The molecular formula is C11H17NO5. The van der Waals surface area contributed by atoms with E-state index in [2.05, 4.69) is 4.74 Å². The first-order valence-corrected chi connectivity index (χ1v) is 5.48. The first-order valence-electron chi connectivity index (χ1n) is 5.48. The standard InChI is InChI=1S/C11H17NO5/c1-6(2)9(10(14)15)12-5-7(4-8(12)13)11(16)17-3/h6-7,9H,4-5H2,1-3H3,(H,14,15). The highest BCUT2D eigenvalue weighted by molar-refractivity contribution is 5.90. The largest absolute Gasteiger partial charge is 0.480 e. The summed E-state index contributed by atoms with van der Waals surface area (Å²) in [6.07, 6.45) is 0.0309. The molecule has 1 aliphatic rings. The Morgan fingerprint density at radius 3 is 2.47 bits per heavy atom. The molecule has 0 aromatic carbocycles. The van der Waals surface area contributed by atoms with Crippen molar-refractivity contribution in [1.82, 2.24) is 4.90 Å². The minimum absolute atomic E-state index is 0.0309. The monoisotopic (exact) mass is 243 g/mol. The third-order valence-electron chi connectivity index (χ3n) is 2.91. The normalized spacial score (nSPS) is 21.8. The van der Waals surface area contributed by atoms with Gasteiger partial charge in [-0.2, -0.15) is 0 Å². The lowest BCUT2D eigenvalue weighted by Gasteiger charge is -2.27. The Bertz CT molecular complexity index is 339. The lowest BCUT2D eigenvalue weighted by atomic mass is 10.0. The number of esters is 1. The molecule has 1 amide bonds. The van der Waals surface area contributed by atoms with E-state index in [9.17, 15) is 14.4 Å². The van der Waals surface area contributed by atoms with Gasteiger partial charge in [-0.1, -0.05) is 13.8 Å². The van der Waals surface area contributed by atoms with Crippen LogP contribution in [0.1, 0.15) is 20.3 Å². The van der Waals surface area contributed by atoms with E-state index in [4.69, 9.17) is 5.11 Å². The SMILES string of the molecule is COC(=O)C1CC(=O)N(C(C(=O)O)C(C)C)C1. The van der Waals surface area contributed by atoms with Crippen molar-refractivity contribution >= 4 is 17.8 Å². The van der Waals surface area contributed by atoms with Crippen molar-refractivity contribution in [3.63, 3.8) is 0 Å². The minimum Gasteiger partial charge on any atom is -0.480 e. The number of carboxylic acid groups (broad SMARTS) is 1. The molecule has 6 nitrogen and oxygen atoms in total. The van der Waals surface area contributed by atoms with E-state index in [0.717, 1.165) is 0 Å². The van der Waals surface area contributed by atoms with Crippen LogP contribution in [0, 0.1) is 11.8 Å². The first-order chi connectivity index (χ1) is 7.88. The summed E-state index contributed by atoms with van der Waals surface area (Å²) < 4.78 is 4.57. The summed E-state index contributed by atoms with van der Waals surface area (Å²) in [5.74, 6) is -2.56. The smallest absolute Gasteiger partial charge is 0.326 e. The fourth-order valence-electron chi connectivity index (χ4n) is 2.10. The molecule has 0 spiro atoms. The molecule has 0 bridgehead atoms. The number of rotatable bonds is 4. The zero-order valence-corrected chi connectivity index (χ0v) is 10.2. The van der Waals surface area contributed by atoms with Crippen LogP contribution >= 0.6 is 0 Å². The maximum absolute atomic E-state index is 11.7. The number of methoxy groups -OCH3 is 1. The summed E-state index contributed by atoms with van der Waals surface area (Å²) in [5.41, 5.74) is 0. The molecule has 0 saturated carbocycles. The van der Waals surface area contributed by atoms with Crippen LogP contribution < -0.4 is 0 Å². The molecule has 1 heterocycles. The summed E-state index contributed by atoms with van der Waals surface area (Å²) in [4.78, 5) is 35.4. The molecule has 1 N–H and O–H groups in total. The average Bonchev–Trinajstić information content (AvgIpc) is 2.59. The Morgan fingerprint density at radius 2 is 2.06 bits per heavy atom. The van der Waals surface area contributed by atoms with Crippen LogP contribution in [0.25, 0.3) is 0 Å². The van der Waals surface area contributed by atoms with Gasteiger partial charge in [0, 0.05) is 13.0 Å². The molecule has 0 aromatic rings. The fraction of sp³-hybridized carbons (Fsp3) is 0.727. The van der Waals surface area contributed by atoms with Crippen LogP contribution in [0.3, 0.4) is 0 Å². The van der Waals surface area contributed by atoms with Crippen molar-refractivity contribution in [2.45, 2.75) is 26.3 Å². The number of hydrogen-bond donors (Lipinski definition) is 1. The van der Waals surface area contributed by atoms with E-state index < -0.39 is 23.9 Å². The van der Waals surface area contributed by atoms with E-state index in [1.165, 1.54) is 12.0 Å². The van der Waals surface area contributed by atoms with E-state index in [1.54, 1.807) is 13.8 Å². The fourth-order valence-corrected chi connectivity index (χ4v) is 2.10. The predicted molar refractivity (Wildman–Crippen MR) is 58.1 cm³/mol. The molecule has 0 radical (unpaired) electrons. The predicted octanol–water partition coefficient (Wildman–Crippen LogP) is 0.117. The number of amides is 1. The molecule has 1 rings (SSSR count). The van der Waals surface area contributed by atoms with E-state index in [1.807, 2.05) is 0 Å². The van der Waals surface area contributed by atoms with Gasteiger partial charge >= 0.3 is 11.9 Å². The van der Waals surface area contributed by atoms with Crippen LogP contribution in [-0.2, 0) is 19.1 Å². The highest BCUT2D eigenvalue weighted by atomic mass is 16.5. The molecule has 96 valence electrons. The maximum atomic E-state index is 11.7. The van der Waals surface area contributed by atoms with Gasteiger partial charge in [-0.15, -0.1) is 0 Å². The van der Waals surface area contributed by atoms with Gasteiger partial charge in [0.05, 0.1) is 13.0 Å². The molecule has 6 heteroatoms. The highest BCUT2D eigenvalue weighted by Gasteiger charge is 2.42. The maximum Gasteiger partial charge on any atom is 0.326 e. The van der Waals surface area contributed by atoms with Crippen LogP contribution in [0.5, 0.6) is 0 Å². The van der Waals surface area contributed by atoms with Crippen LogP contribution in [0.2, 0.25) is 0 Å². The van der Waals surface area contributed by atoms with Crippen LogP contribution in [0.15, 0.2) is 0 Å². The molecule has 1 saturated heterocycles. The van der Waals surface area contributed by atoms with E-state index in [0.29, 0.717) is 0 Å². The van der Waals surface area contributed by atoms with E-state index >= 15 is 0 Å². The van der Waals surface area contributed by atoms with Gasteiger partial charge in [-0.3, -0.25) is 9.59 Å². The first kappa shape index (κ1) is 13.5. The summed E-state index contributed by atoms with van der Waals surface area (Å²) in [5, 5.41) is 9.09. The second-order valence-corrected chi connectivity index (χ2v) is 4.50. The summed E-state index contributed by atoms with van der Waals surface area (Å²) >= 11 is 0. The second kappa shape index (κ2) is 5.16. The topological polar surface area (TPSA) is 83.9 Å². The van der Waals surface area contributed by atoms with Crippen molar-refractivity contribution in [3.8, 4) is 0 Å². The van der Waals surface area contributed by atoms with Gasteiger partial charge in [0.15, 0.2) is 0 Å². The molecular weight excluding hydrogens is 226 g/mol. The van der Waals surface area contributed by atoms with Crippen LogP contribution in [-0.4, -0.2) is 47.5 Å². The third kappa shape index (κ3) is 2.75. The molecule has 2 atom stereocenters. The summed E-state index contributed by atoms with van der Waals surface area (Å²) in [6.45, 7) is 3.59. The van der Waals surface area contributed by atoms with Crippen molar-refractivity contribution in [2.75, 3.05) is 13.7 Å². The van der Waals surface area contributed by atoms with Gasteiger partial charge in [0.1, 0.15) is 6.04 Å². The molecule has 17 heavy (non-hydrogen) atoms. The van der Waals surface area contributed by atoms with Crippen LogP contribution in [0.4, 0.5) is 0 Å². The highest BCUT2D eigenvalue weighted by Crippen LogP contribution is 2.24. The van der Waals surface area contributed by atoms with Gasteiger partial charge in [0.2, 0.25) is 5.91 Å². The zero-order valence-electron chi connectivity index (χ0n) is 10.2. The number of aliphatic carboxylic acids is 1. The minimum atomic E-state index is -1.04.